The molecule has 5 rings (SSSR count). The van der Waals surface area contributed by atoms with Crippen LogP contribution >= 0.6 is 0 Å². The minimum Gasteiger partial charge on any atom is -0.393 e. The van der Waals surface area contributed by atoms with E-state index in [1.807, 2.05) is 0 Å². The Morgan fingerprint density at radius 3 is 2.62 bits per heavy atom. The number of rotatable bonds is 0. The number of aliphatic hydroxyl groups is 1. The fourth-order valence-electron chi connectivity index (χ4n) is 8.72. The summed E-state index contributed by atoms with van der Waals surface area (Å²) in [6.45, 7) is 2.58. The van der Waals surface area contributed by atoms with Gasteiger partial charge in [0.1, 0.15) is 5.78 Å². The Balaban J connectivity index is 1.44. The summed E-state index contributed by atoms with van der Waals surface area (Å²) in [5.41, 5.74) is 1.04. The van der Waals surface area contributed by atoms with E-state index in [-0.39, 0.29) is 6.10 Å². The molecule has 2 heteroatoms. The summed E-state index contributed by atoms with van der Waals surface area (Å²) in [6, 6.07) is 0. The van der Waals surface area contributed by atoms with Gasteiger partial charge in [-0.2, -0.15) is 0 Å². The fourth-order valence-corrected chi connectivity index (χ4v) is 8.72. The van der Waals surface area contributed by atoms with Crippen LogP contribution in [0.2, 0.25) is 0 Å². The lowest BCUT2D eigenvalue weighted by Crippen LogP contribution is -2.55. The van der Waals surface area contributed by atoms with Crippen LogP contribution in [0, 0.1) is 40.4 Å². The Hall–Kier alpha value is -0.370. The smallest absolute Gasteiger partial charge is 0.133 e. The minimum absolute atomic E-state index is 0.0326. The van der Waals surface area contributed by atoms with Gasteiger partial charge in [0.15, 0.2) is 0 Å². The first-order chi connectivity index (χ1) is 11.5. The lowest BCUT2D eigenvalue weighted by molar-refractivity contribution is -0.144. The van der Waals surface area contributed by atoms with Crippen molar-refractivity contribution in [1.82, 2.24) is 0 Å². The lowest BCUT2D eigenvalue weighted by Gasteiger charge is -2.62. The summed E-state index contributed by atoms with van der Waals surface area (Å²) >= 11 is 0. The van der Waals surface area contributed by atoms with Crippen molar-refractivity contribution < 1.29 is 9.90 Å². The first-order valence-electron chi connectivity index (χ1n) is 10.7. The van der Waals surface area contributed by atoms with Gasteiger partial charge in [-0.25, -0.2) is 0 Å². The Morgan fingerprint density at radius 2 is 1.75 bits per heavy atom. The Kier molecular flexibility index (Phi) is 3.51. The summed E-state index contributed by atoms with van der Waals surface area (Å²) in [6.07, 6.45) is 14.6. The van der Waals surface area contributed by atoms with Gasteiger partial charge in [0.05, 0.1) is 6.10 Å². The van der Waals surface area contributed by atoms with Crippen LogP contribution in [0.15, 0.2) is 0 Å². The normalized spacial score (nSPS) is 56.8. The van der Waals surface area contributed by atoms with Gasteiger partial charge in [0, 0.05) is 12.8 Å². The van der Waals surface area contributed by atoms with Crippen molar-refractivity contribution in [3.05, 3.63) is 0 Å². The number of hydrogen-bond acceptors (Lipinski definition) is 2. The van der Waals surface area contributed by atoms with Gasteiger partial charge in [0.25, 0.3) is 0 Å². The van der Waals surface area contributed by atoms with Crippen LogP contribution in [0.4, 0.5) is 0 Å². The molecular weight excluding hydrogens is 296 g/mol. The second-order valence-corrected chi connectivity index (χ2v) is 10.4. The molecule has 0 radical (unpaired) electrons. The zero-order chi connectivity index (χ0) is 16.5. The zero-order valence-electron chi connectivity index (χ0n) is 15.3. The molecule has 0 unspecified atom stereocenters. The average molecular weight is 331 g/mol. The zero-order valence-corrected chi connectivity index (χ0v) is 15.3. The number of aliphatic hydroxyl groups excluding tert-OH is 1. The third-order valence-corrected chi connectivity index (χ3v) is 9.88. The molecule has 5 aliphatic carbocycles. The molecule has 0 aromatic heterocycles. The Morgan fingerprint density at radius 1 is 0.917 bits per heavy atom. The molecule has 0 aromatic rings. The molecule has 8 atom stereocenters. The highest BCUT2D eigenvalue weighted by Gasteiger charge is 2.62. The predicted molar refractivity (Wildman–Crippen MR) is 94.4 cm³/mol. The summed E-state index contributed by atoms with van der Waals surface area (Å²) in [5.74, 6) is 4.78. The van der Waals surface area contributed by atoms with Crippen LogP contribution in [-0.4, -0.2) is 17.0 Å². The third-order valence-electron chi connectivity index (χ3n) is 9.88. The van der Waals surface area contributed by atoms with Crippen LogP contribution in [0.5, 0.6) is 0 Å². The van der Waals surface area contributed by atoms with Gasteiger partial charge >= 0.3 is 0 Å². The molecule has 5 fully saturated rings. The van der Waals surface area contributed by atoms with Crippen LogP contribution < -0.4 is 0 Å². The van der Waals surface area contributed by atoms with Crippen molar-refractivity contribution in [3.8, 4) is 0 Å². The molecule has 5 aliphatic rings. The van der Waals surface area contributed by atoms with Gasteiger partial charge in [-0.3, -0.25) is 4.79 Å². The molecule has 0 heterocycles. The number of carbonyl (C=O) groups is 1. The monoisotopic (exact) mass is 330 g/mol. The quantitative estimate of drug-likeness (QED) is 0.696. The van der Waals surface area contributed by atoms with E-state index < -0.39 is 0 Å². The van der Waals surface area contributed by atoms with Crippen LogP contribution in [-0.2, 0) is 4.79 Å². The van der Waals surface area contributed by atoms with Crippen LogP contribution in [0.1, 0.15) is 84.0 Å². The van der Waals surface area contributed by atoms with Crippen molar-refractivity contribution >= 4 is 5.78 Å². The van der Waals surface area contributed by atoms with Gasteiger partial charge in [-0.05, 0) is 105 Å². The Labute approximate surface area is 146 Å². The molecule has 2 nitrogen and oxygen atoms in total. The van der Waals surface area contributed by atoms with Gasteiger partial charge in [-0.1, -0.05) is 6.92 Å². The average Bonchev–Trinajstić information content (AvgIpc) is 2.94. The highest BCUT2D eigenvalue weighted by Crippen LogP contribution is 2.69. The second kappa shape index (κ2) is 5.32. The third kappa shape index (κ3) is 2.01. The van der Waals surface area contributed by atoms with E-state index in [0.717, 1.165) is 55.3 Å². The van der Waals surface area contributed by atoms with Crippen molar-refractivity contribution in [2.24, 2.45) is 40.4 Å². The van der Waals surface area contributed by atoms with Crippen molar-refractivity contribution in [2.75, 3.05) is 0 Å². The van der Waals surface area contributed by atoms with Crippen LogP contribution in [0.25, 0.3) is 0 Å². The summed E-state index contributed by atoms with van der Waals surface area (Å²) in [7, 11) is 0. The van der Waals surface area contributed by atoms with Crippen molar-refractivity contribution in [3.63, 3.8) is 0 Å². The fraction of sp³-hybridized carbons (Fsp3) is 0.955. The highest BCUT2D eigenvalue weighted by atomic mass is 16.3. The van der Waals surface area contributed by atoms with E-state index in [2.05, 4.69) is 6.92 Å². The molecular formula is C22H34O2. The molecule has 0 amide bonds. The number of fused-ring (bicyclic) bond motifs is 4. The number of ketones is 1. The molecule has 1 spiro atoms. The largest absolute Gasteiger partial charge is 0.393 e. The van der Waals surface area contributed by atoms with Gasteiger partial charge < -0.3 is 5.11 Å². The lowest BCUT2D eigenvalue weighted by atomic mass is 9.43. The van der Waals surface area contributed by atoms with Crippen molar-refractivity contribution in [1.29, 1.82) is 0 Å². The van der Waals surface area contributed by atoms with Crippen molar-refractivity contribution in [2.45, 2.75) is 90.1 Å². The molecule has 24 heavy (non-hydrogen) atoms. The first kappa shape index (κ1) is 15.9. The summed E-state index contributed by atoms with van der Waals surface area (Å²) in [4.78, 5) is 12.0. The van der Waals surface area contributed by atoms with E-state index in [9.17, 15) is 9.90 Å². The molecule has 1 N–H and O–H groups in total. The van der Waals surface area contributed by atoms with E-state index in [1.165, 1.54) is 51.4 Å². The maximum Gasteiger partial charge on any atom is 0.133 e. The summed E-state index contributed by atoms with van der Waals surface area (Å²) < 4.78 is 0. The topological polar surface area (TPSA) is 37.3 Å². The molecule has 0 aliphatic heterocycles. The Bertz CT molecular complexity index is 542. The first-order valence-corrected chi connectivity index (χ1v) is 10.7. The van der Waals surface area contributed by atoms with Crippen LogP contribution in [0.3, 0.4) is 0 Å². The van der Waals surface area contributed by atoms with E-state index in [0.29, 0.717) is 16.6 Å². The molecule has 5 saturated carbocycles. The maximum absolute atomic E-state index is 12.0. The second-order valence-electron chi connectivity index (χ2n) is 10.4. The standard InChI is InChI=1S/C22H34O2/c1-21-9-6-16(23)12-14(21)2-4-18-19(21)8-11-22-10-7-17(24)13-15(22)3-5-20(18)22/h14-16,18-20,23H,2-13H2,1H3/t14-,15-,16-,18-,19+,20+,21+,22-/m1/s1. The summed E-state index contributed by atoms with van der Waals surface area (Å²) in [5, 5.41) is 10.2. The number of Topliss-reactive ketones (excluding diaryl/α,β-unsaturated/α-hetero) is 1. The molecule has 134 valence electrons. The van der Waals surface area contributed by atoms with E-state index in [4.69, 9.17) is 0 Å². The number of hydrogen-bond donors (Lipinski definition) is 1. The predicted octanol–water partition coefficient (Wildman–Crippen LogP) is 4.74. The highest BCUT2D eigenvalue weighted by molar-refractivity contribution is 5.79. The molecule has 0 aromatic carbocycles. The van der Waals surface area contributed by atoms with E-state index >= 15 is 0 Å². The van der Waals surface area contributed by atoms with E-state index in [1.54, 1.807) is 0 Å². The number of carbonyl (C=O) groups excluding carboxylic acids is 1. The molecule has 0 bridgehead atoms. The minimum atomic E-state index is -0.0326. The van der Waals surface area contributed by atoms with Gasteiger partial charge in [-0.15, -0.1) is 0 Å². The van der Waals surface area contributed by atoms with Gasteiger partial charge in [0.2, 0.25) is 0 Å². The maximum atomic E-state index is 12.0. The molecule has 0 saturated heterocycles. The SMILES string of the molecule is C[C@]12CC[C@@H](O)C[C@H]1CC[C@@H]1[C@@H]2CC[C@]23CCC(=O)C[C@H]2CC[C@@H]13.